The molecule has 0 atom stereocenters. The molecule has 31 heavy (non-hydrogen) atoms. The number of nitrogens with two attached hydrogens (primary N) is 1. The number of amides is 2. The number of hydrogen-bond acceptors (Lipinski definition) is 5. The average Bonchev–Trinajstić information content (AvgIpc) is 3.46. The van der Waals surface area contributed by atoms with Crippen LogP contribution >= 0.6 is 11.3 Å². The first-order valence-electron chi connectivity index (χ1n) is 10.5. The molecule has 2 aromatic carbocycles. The van der Waals surface area contributed by atoms with Crippen LogP contribution < -0.4 is 11.1 Å². The van der Waals surface area contributed by atoms with Crippen molar-refractivity contribution >= 4 is 34.0 Å². The zero-order valence-corrected chi connectivity index (χ0v) is 18.1. The second-order valence-electron chi connectivity index (χ2n) is 7.86. The van der Waals surface area contributed by atoms with Crippen molar-refractivity contribution in [1.82, 2.24) is 9.88 Å². The Kier molecular flexibility index (Phi) is 6.62. The van der Waals surface area contributed by atoms with E-state index in [4.69, 9.17) is 5.73 Å². The summed E-state index contributed by atoms with van der Waals surface area (Å²) in [6, 6.07) is 17.3. The molecule has 4 rings (SSSR count). The molecule has 3 N–H and O–H groups in total. The molecule has 160 valence electrons. The Bertz CT molecular complexity index is 1030. The minimum absolute atomic E-state index is 0.0290. The van der Waals surface area contributed by atoms with E-state index in [1.54, 1.807) is 4.90 Å². The van der Waals surface area contributed by atoms with Crippen LogP contribution in [0.15, 0.2) is 60.0 Å². The van der Waals surface area contributed by atoms with Crippen molar-refractivity contribution in [3.05, 3.63) is 65.5 Å². The fourth-order valence-corrected chi connectivity index (χ4v) is 4.54. The van der Waals surface area contributed by atoms with Gasteiger partial charge in [-0.05, 0) is 30.5 Å². The predicted octanol–water partition coefficient (Wildman–Crippen LogP) is 4.55. The molecule has 0 saturated heterocycles. The van der Waals surface area contributed by atoms with Crippen molar-refractivity contribution in [3.63, 3.8) is 0 Å². The molecule has 0 radical (unpaired) electrons. The highest BCUT2D eigenvalue weighted by Crippen LogP contribution is 2.27. The molecule has 1 aliphatic carbocycles. The predicted molar refractivity (Wildman–Crippen MR) is 124 cm³/mol. The number of nitrogens with one attached hydrogen (secondary N) is 1. The first-order valence-corrected chi connectivity index (χ1v) is 11.4. The lowest BCUT2D eigenvalue weighted by Crippen LogP contribution is -2.40. The summed E-state index contributed by atoms with van der Waals surface area (Å²) in [5.74, 6) is -0.0951. The number of nitrogens with zero attached hydrogens (tertiary/aromatic N) is 2. The number of benzene rings is 2. The van der Waals surface area contributed by atoms with Gasteiger partial charge in [0.05, 0.1) is 5.69 Å². The van der Waals surface area contributed by atoms with Gasteiger partial charge in [0.25, 0.3) is 0 Å². The second kappa shape index (κ2) is 9.75. The number of thiazole rings is 1. The van der Waals surface area contributed by atoms with Gasteiger partial charge in [0.2, 0.25) is 11.8 Å². The van der Waals surface area contributed by atoms with Crippen molar-refractivity contribution in [2.45, 2.75) is 32.2 Å². The van der Waals surface area contributed by atoms with Crippen LogP contribution in [0.3, 0.4) is 0 Å². The van der Waals surface area contributed by atoms with E-state index in [1.165, 1.54) is 11.3 Å². The number of carbonyl (C=O) groups excluding carboxylic acids is 2. The smallest absolute Gasteiger partial charge is 0.244 e. The molecule has 0 unspecified atom stereocenters. The highest BCUT2D eigenvalue weighted by atomic mass is 32.1. The molecule has 0 aliphatic heterocycles. The van der Waals surface area contributed by atoms with E-state index >= 15 is 0 Å². The van der Waals surface area contributed by atoms with Crippen LogP contribution in [-0.4, -0.2) is 28.2 Å². The Morgan fingerprint density at radius 2 is 1.77 bits per heavy atom. The molecule has 1 fully saturated rings. The van der Waals surface area contributed by atoms with Crippen molar-refractivity contribution in [2.24, 2.45) is 5.92 Å². The van der Waals surface area contributed by atoms with Crippen LogP contribution in [-0.2, 0) is 16.1 Å². The van der Waals surface area contributed by atoms with Crippen LogP contribution in [0.1, 0.15) is 31.2 Å². The van der Waals surface area contributed by atoms with Gasteiger partial charge in [-0.25, -0.2) is 4.98 Å². The number of carbonyl (C=O) groups is 2. The summed E-state index contributed by atoms with van der Waals surface area (Å²) in [7, 11) is 0. The molecule has 6 nitrogen and oxygen atoms in total. The number of rotatable bonds is 7. The maximum atomic E-state index is 13.1. The maximum absolute atomic E-state index is 13.1. The minimum Gasteiger partial charge on any atom is -0.375 e. The van der Waals surface area contributed by atoms with E-state index < -0.39 is 0 Å². The van der Waals surface area contributed by atoms with Crippen molar-refractivity contribution in [1.29, 1.82) is 0 Å². The van der Waals surface area contributed by atoms with Crippen molar-refractivity contribution in [3.8, 4) is 11.3 Å². The molecule has 1 aliphatic rings. The van der Waals surface area contributed by atoms with E-state index in [0.717, 1.165) is 42.5 Å². The summed E-state index contributed by atoms with van der Waals surface area (Å²) >= 11 is 1.39. The monoisotopic (exact) mass is 434 g/mol. The lowest BCUT2D eigenvalue weighted by Gasteiger charge is -2.25. The number of nitrogen functional groups attached to an aromatic ring is 1. The second-order valence-corrected chi connectivity index (χ2v) is 8.75. The van der Waals surface area contributed by atoms with E-state index in [9.17, 15) is 9.59 Å². The summed E-state index contributed by atoms with van der Waals surface area (Å²) in [6.07, 6.45) is 3.99. The molecule has 1 saturated carbocycles. The number of aromatic nitrogens is 1. The van der Waals surface area contributed by atoms with E-state index in [2.05, 4.69) is 10.3 Å². The molecule has 7 heteroatoms. The Balaban J connectivity index is 1.42. The highest BCUT2D eigenvalue weighted by Gasteiger charge is 2.28. The highest BCUT2D eigenvalue weighted by molar-refractivity contribution is 7.13. The molecular weight excluding hydrogens is 408 g/mol. The molecular formula is C24H26N4O2S. The summed E-state index contributed by atoms with van der Waals surface area (Å²) in [6.45, 7) is 0.475. The number of anilines is 2. The van der Waals surface area contributed by atoms with Gasteiger partial charge in [-0.2, -0.15) is 0 Å². The van der Waals surface area contributed by atoms with Gasteiger partial charge in [0.1, 0.15) is 6.54 Å². The summed E-state index contributed by atoms with van der Waals surface area (Å²) < 4.78 is 0. The van der Waals surface area contributed by atoms with Crippen LogP contribution in [0.25, 0.3) is 11.3 Å². The lowest BCUT2D eigenvalue weighted by molar-refractivity contribution is -0.138. The summed E-state index contributed by atoms with van der Waals surface area (Å²) in [4.78, 5) is 31.8. The normalized spacial score (nSPS) is 13.8. The number of hydrogen-bond donors (Lipinski definition) is 2. The van der Waals surface area contributed by atoms with Crippen molar-refractivity contribution < 1.29 is 9.59 Å². The van der Waals surface area contributed by atoms with E-state index in [0.29, 0.717) is 17.4 Å². The largest absolute Gasteiger partial charge is 0.375 e. The lowest BCUT2D eigenvalue weighted by atomic mass is 10.1. The Morgan fingerprint density at radius 3 is 2.42 bits per heavy atom. The third-order valence-corrected chi connectivity index (χ3v) is 6.23. The van der Waals surface area contributed by atoms with Gasteiger partial charge in [0.15, 0.2) is 5.13 Å². The maximum Gasteiger partial charge on any atom is 0.244 e. The van der Waals surface area contributed by atoms with Crippen LogP contribution in [0.4, 0.5) is 10.8 Å². The average molecular weight is 435 g/mol. The van der Waals surface area contributed by atoms with Crippen LogP contribution in [0.2, 0.25) is 0 Å². The van der Waals surface area contributed by atoms with E-state index in [-0.39, 0.29) is 24.3 Å². The van der Waals surface area contributed by atoms with Gasteiger partial charge in [-0.15, -0.1) is 11.3 Å². The van der Waals surface area contributed by atoms with Gasteiger partial charge in [0, 0.05) is 29.1 Å². The quantitative estimate of drug-likeness (QED) is 0.571. The molecule has 1 heterocycles. The fourth-order valence-electron chi connectivity index (χ4n) is 3.96. The Morgan fingerprint density at radius 1 is 1.06 bits per heavy atom. The zero-order valence-electron chi connectivity index (χ0n) is 17.3. The van der Waals surface area contributed by atoms with Gasteiger partial charge in [-0.3, -0.25) is 9.59 Å². The molecule has 2 amide bonds. The Labute approximate surface area is 186 Å². The third-order valence-electron chi connectivity index (χ3n) is 5.55. The zero-order chi connectivity index (χ0) is 21.6. The SMILES string of the molecule is Nc1nc(-c2ccc(NC(=O)CN(Cc3ccccc3)C(=O)C3CCCC3)cc2)cs1. The van der Waals surface area contributed by atoms with Gasteiger partial charge >= 0.3 is 0 Å². The first kappa shape index (κ1) is 21.1. The first-order chi connectivity index (χ1) is 15.1. The summed E-state index contributed by atoms with van der Waals surface area (Å²) in [5, 5.41) is 5.34. The molecule has 1 aromatic heterocycles. The van der Waals surface area contributed by atoms with Crippen LogP contribution in [0, 0.1) is 5.92 Å². The molecule has 0 spiro atoms. The standard InChI is InChI=1S/C24H26N4O2S/c25-24-27-21(16-31-24)18-10-12-20(13-11-18)26-22(29)15-28(14-17-6-2-1-3-7-17)23(30)19-8-4-5-9-19/h1-3,6-7,10-13,16,19H,4-5,8-9,14-15H2,(H2,25,27)(H,26,29). The third kappa shape index (κ3) is 5.49. The van der Waals surface area contributed by atoms with E-state index in [1.807, 2.05) is 60.0 Å². The fraction of sp³-hybridized carbons (Fsp3) is 0.292. The minimum atomic E-state index is -0.201. The summed E-state index contributed by atoms with van der Waals surface area (Å²) in [5.41, 5.74) is 9.16. The van der Waals surface area contributed by atoms with Crippen LogP contribution in [0.5, 0.6) is 0 Å². The van der Waals surface area contributed by atoms with Gasteiger partial charge in [-0.1, -0.05) is 55.3 Å². The molecule has 3 aromatic rings. The topological polar surface area (TPSA) is 88.3 Å². The molecule has 0 bridgehead atoms. The van der Waals surface area contributed by atoms with Crippen molar-refractivity contribution in [2.75, 3.05) is 17.6 Å². The Hall–Kier alpha value is -3.19. The van der Waals surface area contributed by atoms with Gasteiger partial charge < -0.3 is 16.0 Å².